The van der Waals surface area contributed by atoms with E-state index in [1.165, 1.54) is 19.1 Å². The monoisotopic (exact) mass is 226 g/mol. The number of aryl methyl sites for hydroxylation is 1. The van der Waals surface area contributed by atoms with Crippen molar-refractivity contribution in [3.05, 3.63) is 34.9 Å². The molecule has 0 spiro atoms. The summed E-state index contributed by atoms with van der Waals surface area (Å²) >= 11 is 0. The van der Waals surface area contributed by atoms with Gasteiger partial charge in [-0.15, -0.1) is 0 Å². The van der Waals surface area contributed by atoms with Gasteiger partial charge in [0, 0.05) is 5.56 Å². The molecule has 1 aromatic rings. The highest BCUT2D eigenvalue weighted by Crippen LogP contribution is 2.57. The lowest BCUT2D eigenvalue weighted by Crippen LogP contribution is -2.08. The summed E-state index contributed by atoms with van der Waals surface area (Å²) in [6, 6.07) is 2.99. The molecule has 1 aliphatic carbocycles. The lowest BCUT2D eigenvalue weighted by molar-refractivity contribution is 0.133. The first-order valence-corrected chi connectivity index (χ1v) is 5.47. The van der Waals surface area contributed by atoms with Gasteiger partial charge in [0.15, 0.2) is 11.6 Å². The number of benzene rings is 1. The highest BCUT2D eigenvalue weighted by molar-refractivity contribution is 5.28. The molecule has 1 N–H and O–H groups in total. The van der Waals surface area contributed by atoms with E-state index in [9.17, 15) is 13.9 Å². The highest BCUT2D eigenvalue weighted by atomic mass is 19.2. The van der Waals surface area contributed by atoms with Gasteiger partial charge in [-0.25, -0.2) is 8.78 Å². The number of rotatable bonds is 2. The summed E-state index contributed by atoms with van der Waals surface area (Å²) in [6.45, 7) is 5.54. The molecule has 2 unspecified atom stereocenters. The Morgan fingerprint density at radius 2 is 1.88 bits per heavy atom. The van der Waals surface area contributed by atoms with E-state index in [1.54, 1.807) is 0 Å². The van der Waals surface area contributed by atoms with Crippen molar-refractivity contribution in [1.82, 2.24) is 0 Å². The van der Waals surface area contributed by atoms with Crippen molar-refractivity contribution < 1.29 is 13.9 Å². The van der Waals surface area contributed by atoms with E-state index < -0.39 is 17.7 Å². The van der Waals surface area contributed by atoms with Gasteiger partial charge in [-0.05, 0) is 30.2 Å². The van der Waals surface area contributed by atoms with Gasteiger partial charge in [0.05, 0.1) is 6.10 Å². The van der Waals surface area contributed by atoms with E-state index in [-0.39, 0.29) is 22.5 Å². The van der Waals surface area contributed by atoms with Crippen LogP contribution in [0.15, 0.2) is 12.1 Å². The molecule has 1 saturated carbocycles. The van der Waals surface area contributed by atoms with Gasteiger partial charge >= 0.3 is 0 Å². The van der Waals surface area contributed by atoms with Crippen molar-refractivity contribution >= 4 is 0 Å². The van der Waals surface area contributed by atoms with Crippen molar-refractivity contribution in [1.29, 1.82) is 0 Å². The van der Waals surface area contributed by atoms with Crippen LogP contribution in [-0.2, 0) is 0 Å². The molecule has 1 nitrogen and oxygen atoms in total. The van der Waals surface area contributed by atoms with E-state index in [4.69, 9.17) is 0 Å². The molecule has 0 radical (unpaired) electrons. The molecule has 0 amide bonds. The average molecular weight is 226 g/mol. The third-order valence-corrected chi connectivity index (χ3v) is 3.59. The topological polar surface area (TPSA) is 20.2 Å². The third kappa shape index (κ3) is 1.73. The van der Waals surface area contributed by atoms with E-state index in [2.05, 4.69) is 0 Å². The van der Waals surface area contributed by atoms with Gasteiger partial charge in [-0.1, -0.05) is 26.0 Å². The summed E-state index contributed by atoms with van der Waals surface area (Å²) in [6.07, 6.45) is -0.0478. The van der Waals surface area contributed by atoms with Crippen LogP contribution in [0.5, 0.6) is 0 Å². The van der Waals surface area contributed by atoms with Crippen LogP contribution in [0, 0.1) is 29.9 Å². The van der Waals surface area contributed by atoms with Crippen LogP contribution < -0.4 is 0 Å². The Morgan fingerprint density at radius 3 is 2.38 bits per heavy atom. The Kier molecular flexibility index (Phi) is 2.54. The maximum atomic E-state index is 13.6. The largest absolute Gasteiger partial charge is 0.388 e. The van der Waals surface area contributed by atoms with Crippen molar-refractivity contribution in [2.24, 2.45) is 11.3 Å². The smallest absolute Gasteiger partial charge is 0.164 e. The number of halogens is 2. The molecular weight excluding hydrogens is 210 g/mol. The van der Waals surface area contributed by atoms with Crippen molar-refractivity contribution in [2.75, 3.05) is 0 Å². The summed E-state index contributed by atoms with van der Waals surface area (Å²) < 4.78 is 27.0. The Hall–Kier alpha value is -0.960. The second-order valence-electron chi connectivity index (χ2n) is 5.34. The number of aliphatic hydroxyl groups excluding tert-OH is 1. The third-order valence-electron chi connectivity index (χ3n) is 3.59. The average Bonchev–Trinajstić information content (AvgIpc) is 2.84. The van der Waals surface area contributed by atoms with E-state index in [0.29, 0.717) is 0 Å². The minimum absolute atomic E-state index is 0.0316. The Morgan fingerprint density at radius 1 is 1.31 bits per heavy atom. The second kappa shape index (κ2) is 3.52. The van der Waals surface area contributed by atoms with Crippen molar-refractivity contribution in [3.8, 4) is 0 Å². The summed E-state index contributed by atoms with van der Waals surface area (Å²) in [5, 5.41) is 9.99. The normalized spacial score (nSPS) is 24.2. The SMILES string of the molecule is Cc1ccc(C(O)C2CC2(C)C)c(F)c1F. The molecule has 88 valence electrons. The molecule has 0 aromatic heterocycles. The van der Waals surface area contributed by atoms with Gasteiger partial charge in [0.1, 0.15) is 0 Å². The predicted molar refractivity (Wildman–Crippen MR) is 57.9 cm³/mol. The molecule has 1 fully saturated rings. The van der Waals surface area contributed by atoms with Gasteiger partial charge in [0.25, 0.3) is 0 Å². The van der Waals surface area contributed by atoms with Crippen LogP contribution in [0.2, 0.25) is 0 Å². The zero-order valence-electron chi connectivity index (χ0n) is 9.72. The summed E-state index contributed by atoms with van der Waals surface area (Å²) in [7, 11) is 0. The van der Waals surface area contributed by atoms with Crippen LogP contribution >= 0.6 is 0 Å². The second-order valence-corrected chi connectivity index (χ2v) is 5.34. The van der Waals surface area contributed by atoms with Crippen LogP contribution in [0.4, 0.5) is 8.78 Å². The number of aliphatic hydroxyl groups is 1. The van der Waals surface area contributed by atoms with Gasteiger partial charge in [0.2, 0.25) is 0 Å². The highest BCUT2D eigenvalue weighted by Gasteiger charge is 2.50. The van der Waals surface area contributed by atoms with Crippen molar-refractivity contribution in [3.63, 3.8) is 0 Å². The fourth-order valence-corrected chi connectivity index (χ4v) is 2.15. The minimum Gasteiger partial charge on any atom is -0.388 e. The molecule has 2 rings (SSSR count). The molecule has 3 heteroatoms. The number of hydrogen-bond donors (Lipinski definition) is 1. The first-order chi connectivity index (χ1) is 7.34. The molecule has 0 bridgehead atoms. The summed E-state index contributed by atoms with van der Waals surface area (Å²) in [5.74, 6) is -1.73. The zero-order chi connectivity index (χ0) is 12.1. The molecule has 0 saturated heterocycles. The fraction of sp³-hybridized carbons (Fsp3) is 0.538. The van der Waals surface area contributed by atoms with Gasteiger partial charge in [-0.3, -0.25) is 0 Å². The van der Waals surface area contributed by atoms with E-state index in [1.807, 2.05) is 13.8 Å². The lowest BCUT2D eigenvalue weighted by Gasteiger charge is -2.14. The molecular formula is C13H16F2O. The Labute approximate surface area is 94.1 Å². The van der Waals surface area contributed by atoms with Gasteiger partial charge in [-0.2, -0.15) is 0 Å². The molecule has 0 aliphatic heterocycles. The maximum Gasteiger partial charge on any atom is 0.164 e. The van der Waals surface area contributed by atoms with Gasteiger partial charge < -0.3 is 5.11 Å². The first kappa shape index (κ1) is 11.5. The van der Waals surface area contributed by atoms with Crippen LogP contribution in [0.25, 0.3) is 0 Å². The quantitative estimate of drug-likeness (QED) is 0.819. The maximum absolute atomic E-state index is 13.6. The summed E-state index contributed by atoms with van der Waals surface area (Å²) in [4.78, 5) is 0. The molecule has 0 heterocycles. The van der Waals surface area contributed by atoms with Crippen LogP contribution in [0.3, 0.4) is 0 Å². The standard InChI is InChI=1S/C13H16F2O/c1-7-4-5-8(11(15)10(7)14)12(16)9-6-13(9,2)3/h4-5,9,12,16H,6H2,1-3H3. The lowest BCUT2D eigenvalue weighted by atomic mass is 9.98. The van der Waals surface area contributed by atoms with E-state index in [0.717, 1.165) is 6.42 Å². The van der Waals surface area contributed by atoms with Crippen LogP contribution in [0.1, 0.15) is 37.5 Å². The molecule has 1 aromatic carbocycles. The van der Waals surface area contributed by atoms with Crippen molar-refractivity contribution in [2.45, 2.75) is 33.3 Å². The first-order valence-electron chi connectivity index (χ1n) is 5.47. The minimum atomic E-state index is -0.907. The van der Waals surface area contributed by atoms with Crippen LogP contribution in [-0.4, -0.2) is 5.11 Å². The van der Waals surface area contributed by atoms with E-state index >= 15 is 0 Å². The fourth-order valence-electron chi connectivity index (χ4n) is 2.15. The summed E-state index contributed by atoms with van der Waals surface area (Å²) in [5.41, 5.74) is 0.384. The Bertz CT molecular complexity index is 426. The number of hydrogen-bond acceptors (Lipinski definition) is 1. The molecule has 1 aliphatic rings. The predicted octanol–water partition coefficient (Wildman–Crippen LogP) is 3.35. The molecule has 2 atom stereocenters. The Balaban J connectivity index is 2.32. The zero-order valence-corrected chi connectivity index (χ0v) is 9.72. The molecule has 16 heavy (non-hydrogen) atoms.